The van der Waals surface area contributed by atoms with Gasteiger partial charge in [0.15, 0.2) is 0 Å². The molecular formula is C18H32. The van der Waals surface area contributed by atoms with E-state index in [2.05, 4.69) is 45.9 Å². The van der Waals surface area contributed by atoms with E-state index >= 15 is 0 Å². The van der Waals surface area contributed by atoms with Crippen LogP contribution in [0.1, 0.15) is 82.4 Å². The second-order valence-electron chi connectivity index (χ2n) is 4.91. The summed E-state index contributed by atoms with van der Waals surface area (Å²) in [6, 6.07) is 6.68. The summed E-state index contributed by atoms with van der Waals surface area (Å²) in [5, 5.41) is 0. The SMILES string of the molecule is CC.CCCCCC(CC)c1c(C)cccc1C. The maximum atomic E-state index is 2.32. The van der Waals surface area contributed by atoms with Crippen LogP contribution in [-0.4, -0.2) is 0 Å². The Bertz CT molecular complexity index is 292. The Hall–Kier alpha value is -0.780. The summed E-state index contributed by atoms with van der Waals surface area (Å²) >= 11 is 0. The van der Waals surface area contributed by atoms with Gasteiger partial charge < -0.3 is 0 Å². The normalized spacial score (nSPS) is 11.7. The number of aryl methyl sites for hydroxylation is 2. The Morgan fingerprint density at radius 2 is 1.50 bits per heavy atom. The van der Waals surface area contributed by atoms with Gasteiger partial charge in [-0.05, 0) is 49.3 Å². The van der Waals surface area contributed by atoms with Crippen molar-refractivity contribution < 1.29 is 0 Å². The molecule has 1 atom stereocenters. The van der Waals surface area contributed by atoms with Crippen LogP contribution in [-0.2, 0) is 0 Å². The molecule has 0 amide bonds. The lowest BCUT2D eigenvalue weighted by Gasteiger charge is -2.20. The van der Waals surface area contributed by atoms with E-state index in [9.17, 15) is 0 Å². The molecule has 0 spiro atoms. The van der Waals surface area contributed by atoms with Crippen LogP contribution in [0.3, 0.4) is 0 Å². The van der Waals surface area contributed by atoms with Crippen LogP contribution in [0.15, 0.2) is 18.2 Å². The van der Waals surface area contributed by atoms with Gasteiger partial charge in [0.2, 0.25) is 0 Å². The van der Waals surface area contributed by atoms with Gasteiger partial charge in [-0.2, -0.15) is 0 Å². The van der Waals surface area contributed by atoms with Crippen molar-refractivity contribution in [1.29, 1.82) is 0 Å². The van der Waals surface area contributed by atoms with E-state index in [4.69, 9.17) is 0 Å². The maximum Gasteiger partial charge on any atom is -0.0159 e. The van der Waals surface area contributed by atoms with E-state index in [1.165, 1.54) is 43.2 Å². The zero-order valence-electron chi connectivity index (χ0n) is 13.3. The molecule has 0 N–H and O–H groups in total. The number of rotatable bonds is 6. The fourth-order valence-electron chi connectivity index (χ4n) is 2.66. The largest absolute Gasteiger partial charge is 0.0683 e. The maximum absolute atomic E-state index is 2.32. The summed E-state index contributed by atoms with van der Waals surface area (Å²) in [5.74, 6) is 0.771. The number of hydrogen-bond donors (Lipinski definition) is 0. The van der Waals surface area contributed by atoms with Crippen molar-refractivity contribution in [2.75, 3.05) is 0 Å². The summed E-state index contributed by atoms with van der Waals surface area (Å²) in [6.07, 6.45) is 6.71. The van der Waals surface area contributed by atoms with Crippen LogP contribution < -0.4 is 0 Å². The molecular weight excluding hydrogens is 216 g/mol. The van der Waals surface area contributed by atoms with Gasteiger partial charge in [0, 0.05) is 0 Å². The molecule has 1 unspecified atom stereocenters. The standard InChI is InChI=1S/C16H26.C2H6/c1-5-7-8-12-15(6-2)16-13(3)10-9-11-14(16)4;1-2/h9-11,15H,5-8,12H2,1-4H3;1-2H3. The molecule has 0 aliphatic heterocycles. The summed E-state index contributed by atoms with van der Waals surface area (Å²) < 4.78 is 0. The molecule has 18 heavy (non-hydrogen) atoms. The Balaban J connectivity index is 0.00000137. The Kier molecular flexibility index (Phi) is 9.73. The second-order valence-corrected chi connectivity index (χ2v) is 4.91. The average molecular weight is 248 g/mol. The third kappa shape index (κ3) is 5.25. The van der Waals surface area contributed by atoms with Gasteiger partial charge in [0.25, 0.3) is 0 Å². The van der Waals surface area contributed by atoms with Crippen molar-refractivity contribution >= 4 is 0 Å². The summed E-state index contributed by atoms with van der Waals surface area (Å²) in [7, 11) is 0. The van der Waals surface area contributed by atoms with Crippen molar-refractivity contribution in [2.24, 2.45) is 0 Å². The monoisotopic (exact) mass is 248 g/mol. The van der Waals surface area contributed by atoms with Crippen molar-refractivity contribution in [3.05, 3.63) is 34.9 Å². The first-order valence-electron chi connectivity index (χ1n) is 7.76. The van der Waals surface area contributed by atoms with Crippen LogP contribution in [0.25, 0.3) is 0 Å². The third-order valence-corrected chi connectivity index (χ3v) is 3.60. The van der Waals surface area contributed by atoms with E-state index < -0.39 is 0 Å². The van der Waals surface area contributed by atoms with Crippen molar-refractivity contribution in [3.8, 4) is 0 Å². The van der Waals surface area contributed by atoms with Gasteiger partial charge in [0.05, 0.1) is 0 Å². The minimum absolute atomic E-state index is 0.771. The molecule has 0 aliphatic rings. The molecule has 1 aromatic rings. The van der Waals surface area contributed by atoms with Crippen LogP contribution in [0.5, 0.6) is 0 Å². The molecule has 1 aromatic carbocycles. The van der Waals surface area contributed by atoms with Crippen molar-refractivity contribution in [3.63, 3.8) is 0 Å². The lowest BCUT2D eigenvalue weighted by molar-refractivity contribution is 0.549. The van der Waals surface area contributed by atoms with Gasteiger partial charge in [-0.25, -0.2) is 0 Å². The summed E-state index contributed by atoms with van der Waals surface area (Å²) in [4.78, 5) is 0. The van der Waals surface area contributed by atoms with E-state index in [-0.39, 0.29) is 0 Å². The van der Waals surface area contributed by atoms with E-state index in [1.807, 2.05) is 13.8 Å². The molecule has 0 bridgehead atoms. The first-order chi connectivity index (χ1) is 8.70. The molecule has 0 heterocycles. The van der Waals surface area contributed by atoms with E-state index in [0.717, 1.165) is 5.92 Å². The highest BCUT2D eigenvalue weighted by molar-refractivity contribution is 5.36. The fraction of sp³-hybridized carbons (Fsp3) is 0.667. The molecule has 0 nitrogen and oxygen atoms in total. The molecule has 0 aliphatic carbocycles. The highest BCUT2D eigenvalue weighted by atomic mass is 14.2. The van der Waals surface area contributed by atoms with E-state index in [0.29, 0.717) is 0 Å². The molecule has 1 rings (SSSR count). The predicted octanol–water partition coefficient (Wildman–Crippen LogP) is 6.40. The number of benzene rings is 1. The molecule has 0 fully saturated rings. The van der Waals surface area contributed by atoms with Crippen LogP contribution in [0.4, 0.5) is 0 Å². The van der Waals surface area contributed by atoms with Crippen LogP contribution in [0, 0.1) is 13.8 Å². The van der Waals surface area contributed by atoms with Gasteiger partial charge >= 0.3 is 0 Å². The average Bonchev–Trinajstić information content (AvgIpc) is 2.39. The van der Waals surface area contributed by atoms with Gasteiger partial charge in [0.1, 0.15) is 0 Å². The quantitative estimate of drug-likeness (QED) is 0.511. The van der Waals surface area contributed by atoms with Gasteiger partial charge in [-0.3, -0.25) is 0 Å². The number of unbranched alkanes of at least 4 members (excludes halogenated alkanes) is 2. The lowest BCUT2D eigenvalue weighted by atomic mass is 9.85. The molecule has 0 radical (unpaired) electrons. The predicted molar refractivity (Wildman–Crippen MR) is 84.4 cm³/mol. The first-order valence-corrected chi connectivity index (χ1v) is 7.76. The number of hydrogen-bond acceptors (Lipinski definition) is 0. The van der Waals surface area contributed by atoms with Gasteiger partial charge in [-0.1, -0.05) is 65.2 Å². The summed E-state index contributed by atoms with van der Waals surface area (Å²) in [6.45, 7) is 13.1. The van der Waals surface area contributed by atoms with Gasteiger partial charge in [-0.15, -0.1) is 0 Å². The van der Waals surface area contributed by atoms with E-state index in [1.54, 1.807) is 5.56 Å². The first kappa shape index (κ1) is 17.2. The minimum Gasteiger partial charge on any atom is -0.0683 e. The highest BCUT2D eigenvalue weighted by Crippen LogP contribution is 2.30. The molecule has 0 saturated heterocycles. The Morgan fingerprint density at radius 3 is 1.94 bits per heavy atom. The minimum atomic E-state index is 0.771. The lowest BCUT2D eigenvalue weighted by Crippen LogP contribution is -2.02. The zero-order chi connectivity index (χ0) is 14.0. The fourth-order valence-corrected chi connectivity index (χ4v) is 2.66. The third-order valence-electron chi connectivity index (χ3n) is 3.60. The second kappa shape index (κ2) is 10.2. The molecule has 0 saturated carbocycles. The van der Waals surface area contributed by atoms with Crippen molar-refractivity contribution in [2.45, 2.75) is 79.6 Å². The molecule has 0 aromatic heterocycles. The smallest absolute Gasteiger partial charge is 0.0159 e. The topological polar surface area (TPSA) is 0 Å². The summed E-state index contributed by atoms with van der Waals surface area (Å²) in [5.41, 5.74) is 4.56. The Morgan fingerprint density at radius 1 is 0.944 bits per heavy atom. The van der Waals surface area contributed by atoms with Crippen LogP contribution >= 0.6 is 0 Å². The highest BCUT2D eigenvalue weighted by Gasteiger charge is 2.13. The van der Waals surface area contributed by atoms with Crippen molar-refractivity contribution in [1.82, 2.24) is 0 Å². The Labute approximate surface area is 115 Å². The molecule has 104 valence electrons. The zero-order valence-corrected chi connectivity index (χ0v) is 13.3. The molecule has 0 heteroatoms. The van der Waals surface area contributed by atoms with Crippen LogP contribution in [0.2, 0.25) is 0 Å².